The third-order valence-electron chi connectivity index (χ3n) is 6.06. The Bertz CT molecular complexity index is 1470. The van der Waals surface area contributed by atoms with E-state index in [0.717, 1.165) is 12.1 Å². The molecule has 216 valence electrons. The molecule has 0 fully saturated rings. The summed E-state index contributed by atoms with van der Waals surface area (Å²) in [4.78, 5) is 0. The van der Waals surface area contributed by atoms with Crippen molar-refractivity contribution in [1.82, 2.24) is 21.0 Å². The number of nitrogens with one attached hydrogen (secondary N) is 2. The Labute approximate surface area is 227 Å². The minimum absolute atomic E-state index is 0.0131. The van der Waals surface area contributed by atoms with Crippen molar-refractivity contribution >= 4 is 5.96 Å². The number of guanidine groups is 1. The molecular weight excluding hydrogens is 567 g/mol. The van der Waals surface area contributed by atoms with Gasteiger partial charge < -0.3 is 5.32 Å². The van der Waals surface area contributed by atoms with Gasteiger partial charge in [-0.15, -0.1) is 10.2 Å². The van der Waals surface area contributed by atoms with E-state index >= 15 is 0 Å². The van der Waals surface area contributed by atoms with E-state index in [4.69, 9.17) is 0 Å². The fraction of sp³-hybridized carbons (Fsp3) is 0.231. The standard InChI is InChI=1S/C26H19F9N6/c1-40-39-38-23(41(40)14-16-8-20(25(30,31)32)11-21(9-16)26(33,34)35)37-13-18-10-19(24(27,28)29)5-6-22(18)17-4-2-3-15(7-17)12-36/h2-11,39H,13-14H2,1H3,(H,37,38). The van der Waals surface area contributed by atoms with Crippen molar-refractivity contribution in [1.29, 1.82) is 5.26 Å². The quantitative estimate of drug-likeness (QED) is 0.334. The predicted octanol–water partition coefficient (Wildman–Crippen LogP) is 6.51. The maximum atomic E-state index is 13.5. The van der Waals surface area contributed by atoms with Crippen molar-refractivity contribution in [3.8, 4) is 17.2 Å². The second-order valence-electron chi connectivity index (χ2n) is 8.95. The fourth-order valence-corrected chi connectivity index (χ4v) is 4.10. The van der Waals surface area contributed by atoms with Gasteiger partial charge in [0.1, 0.15) is 0 Å². The Hall–Kier alpha value is -4.45. The lowest BCUT2D eigenvalue weighted by atomic mass is 9.96. The van der Waals surface area contributed by atoms with Crippen LogP contribution in [0.25, 0.3) is 11.1 Å². The lowest BCUT2D eigenvalue weighted by Crippen LogP contribution is -2.46. The molecule has 1 aliphatic heterocycles. The molecule has 2 N–H and O–H groups in total. The molecule has 0 aromatic heterocycles. The second-order valence-corrected chi connectivity index (χ2v) is 8.95. The highest BCUT2D eigenvalue weighted by Gasteiger charge is 2.37. The third-order valence-corrected chi connectivity index (χ3v) is 6.06. The topological polar surface area (TPSA) is 66.7 Å². The van der Waals surface area contributed by atoms with Crippen LogP contribution in [0.4, 0.5) is 39.5 Å². The van der Waals surface area contributed by atoms with E-state index in [9.17, 15) is 44.8 Å². The Morgan fingerprint density at radius 1 is 0.829 bits per heavy atom. The van der Waals surface area contributed by atoms with Crippen LogP contribution in [0, 0.1) is 11.3 Å². The van der Waals surface area contributed by atoms with Gasteiger partial charge in [0.2, 0.25) is 5.96 Å². The molecule has 0 bridgehead atoms. The number of rotatable bonds is 5. The first-order valence-corrected chi connectivity index (χ1v) is 11.6. The van der Waals surface area contributed by atoms with Crippen molar-refractivity contribution in [2.24, 2.45) is 5.10 Å². The van der Waals surface area contributed by atoms with Crippen LogP contribution >= 0.6 is 0 Å². The van der Waals surface area contributed by atoms with Crippen LogP contribution in [0.15, 0.2) is 65.8 Å². The zero-order valence-corrected chi connectivity index (χ0v) is 20.9. The summed E-state index contributed by atoms with van der Waals surface area (Å²) in [6.07, 6.45) is -14.7. The molecule has 0 spiro atoms. The molecule has 1 aliphatic rings. The molecule has 6 nitrogen and oxygen atoms in total. The van der Waals surface area contributed by atoms with Gasteiger partial charge in [-0.05, 0) is 64.7 Å². The highest BCUT2D eigenvalue weighted by molar-refractivity contribution is 5.80. The first-order chi connectivity index (χ1) is 19.1. The van der Waals surface area contributed by atoms with Gasteiger partial charge in [-0.1, -0.05) is 18.2 Å². The molecular formula is C26H19F9N6. The summed E-state index contributed by atoms with van der Waals surface area (Å²) in [6.45, 7) is -0.765. The Morgan fingerprint density at radius 3 is 2.05 bits per heavy atom. The van der Waals surface area contributed by atoms with E-state index in [1.165, 1.54) is 35.4 Å². The summed E-state index contributed by atoms with van der Waals surface area (Å²) >= 11 is 0. The van der Waals surface area contributed by atoms with Crippen LogP contribution in [0.5, 0.6) is 0 Å². The SMILES string of the molecule is CN1NN=C(NCc2cc(C(F)(F)F)ccc2-c2cccc(C#N)c2)N1Cc1cc(C(F)(F)F)cc(C(F)(F)F)c1. The fourth-order valence-electron chi connectivity index (χ4n) is 4.10. The van der Waals surface area contributed by atoms with Crippen LogP contribution in [0.3, 0.4) is 0 Å². The summed E-state index contributed by atoms with van der Waals surface area (Å²) in [5.74, 6) is -0.0763. The van der Waals surface area contributed by atoms with Gasteiger partial charge in [0.05, 0.1) is 34.9 Å². The lowest BCUT2D eigenvalue weighted by molar-refractivity contribution is -0.143. The zero-order valence-electron chi connectivity index (χ0n) is 20.9. The van der Waals surface area contributed by atoms with Crippen LogP contribution in [-0.2, 0) is 31.6 Å². The zero-order chi connectivity index (χ0) is 30.2. The maximum absolute atomic E-state index is 13.5. The molecule has 1 heterocycles. The molecule has 0 atom stereocenters. The summed E-state index contributed by atoms with van der Waals surface area (Å²) in [6, 6.07) is 12.3. The van der Waals surface area contributed by atoms with Crippen molar-refractivity contribution in [3.05, 3.63) is 94.0 Å². The van der Waals surface area contributed by atoms with E-state index in [1.54, 1.807) is 12.1 Å². The summed E-state index contributed by atoms with van der Waals surface area (Å²) in [5, 5.41) is 18.3. The van der Waals surface area contributed by atoms with Gasteiger partial charge in [0.15, 0.2) is 0 Å². The number of nitriles is 1. The van der Waals surface area contributed by atoms with Gasteiger partial charge >= 0.3 is 18.5 Å². The molecule has 3 aromatic carbocycles. The van der Waals surface area contributed by atoms with Crippen LogP contribution < -0.4 is 10.9 Å². The minimum Gasteiger partial charge on any atom is -0.349 e. The minimum atomic E-state index is -5.04. The van der Waals surface area contributed by atoms with E-state index in [0.29, 0.717) is 23.3 Å². The number of hydrazone groups is 1. The van der Waals surface area contributed by atoms with Gasteiger partial charge in [-0.2, -0.15) is 44.8 Å². The summed E-state index contributed by atoms with van der Waals surface area (Å²) in [5.41, 5.74) is -0.540. The van der Waals surface area contributed by atoms with Crippen molar-refractivity contribution in [2.75, 3.05) is 7.05 Å². The maximum Gasteiger partial charge on any atom is 0.416 e. The van der Waals surface area contributed by atoms with Crippen LogP contribution in [-0.4, -0.2) is 23.1 Å². The summed E-state index contributed by atoms with van der Waals surface area (Å²) in [7, 11) is 1.39. The number of halogens is 9. The smallest absolute Gasteiger partial charge is 0.349 e. The number of nitrogens with zero attached hydrogens (tertiary/aromatic N) is 4. The first-order valence-electron chi connectivity index (χ1n) is 11.6. The van der Waals surface area contributed by atoms with Gasteiger partial charge in [0.25, 0.3) is 0 Å². The van der Waals surface area contributed by atoms with Crippen molar-refractivity contribution in [2.45, 2.75) is 31.6 Å². The molecule has 0 unspecified atom stereocenters. The highest BCUT2D eigenvalue weighted by atomic mass is 19.4. The number of hydrazine groups is 2. The molecule has 0 saturated heterocycles. The van der Waals surface area contributed by atoms with Gasteiger partial charge in [-0.3, -0.25) is 5.01 Å². The molecule has 41 heavy (non-hydrogen) atoms. The van der Waals surface area contributed by atoms with Crippen molar-refractivity contribution in [3.63, 3.8) is 0 Å². The Kier molecular flexibility index (Phi) is 7.81. The normalized spacial score (nSPS) is 14.5. The average Bonchev–Trinajstić information content (AvgIpc) is 3.24. The lowest BCUT2D eigenvalue weighted by Gasteiger charge is -2.27. The van der Waals surface area contributed by atoms with Crippen LogP contribution in [0.1, 0.15) is 33.4 Å². The van der Waals surface area contributed by atoms with Gasteiger partial charge in [0, 0.05) is 13.6 Å². The Morgan fingerprint density at radius 2 is 1.46 bits per heavy atom. The largest absolute Gasteiger partial charge is 0.416 e. The predicted molar refractivity (Wildman–Crippen MR) is 129 cm³/mol. The molecule has 3 aromatic rings. The monoisotopic (exact) mass is 586 g/mol. The third kappa shape index (κ3) is 6.83. The first kappa shape index (κ1) is 29.5. The molecule has 4 rings (SSSR count). The van der Waals surface area contributed by atoms with Crippen LogP contribution in [0.2, 0.25) is 0 Å². The number of hydrogen-bond donors (Lipinski definition) is 2. The number of benzene rings is 3. The second kappa shape index (κ2) is 10.8. The number of alkyl halides is 9. The highest BCUT2D eigenvalue weighted by Crippen LogP contribution is 2.37. The molecule has 0 radical (unpaired) electrons. The summed E-state index contributed by atoms with van der Waals surface area (Å²) < 4.78 is 120. The van der Waals surface area contributed by atoms with E-state index in [2.05, 4.69) is 16.0 Å². The molecule has 15 heteroatoms. The molecule has 0 amide bonds. The van der Waals surface area contributed by atoms with E-state index < -0.39 is 41.8 Å². The van der Waals surface area contributed by atoms with E-state index in [1.807, 2.05) is 6.07 Å². The van der Waals surface area contributed by atoms with Crippen molar-refractivity contribution < 1.29 is 39.5 Å². The average molecular weight is 586 g/mol. The van der Waals surface area contributed by atoms with E-state index in [-0.39, 0.29) is 35.3 Å². The molecule has 0 saturated carbocycles. The number of hydrogen-bond acceptors (Lipinski definition) is 6. The van der Waals surface area contributed by atoms with Gasteiger partial charge in [-0.25, -0.2) is 5.53 Å². The molecule has 0 aliphatic carbocycles. The Balaban J connectivity index is 1.64.